The van der Waals surface area contributed by atoms with Crippen molar-refractivity contribution in [2.45, 2.75) is 44.4 Å². The molecule has 3 nitrogen and oxygen atoms in total. The summed E-state index contributed by atoms with van der Waals surface area (Å²) in [4.78, 5) is 14.9. The maximum absolute atomic E-state index is 13.2. The highest BCUT2D eigenvalue weighted by Gasteiger charge is 2.46. The van der Waals surface area contributed by atoms with Gasteiger partial charge in [-0.05, 0) is 55.2 Å². The van der Waals surface area contributed by atoms with Crippen molar-refractivity contribution in [1.82, 2.24) is 4.90 Å². The number of nitrogens with two attached hydrogens (primary N) is 1. The van der Waals surface area contributed by atoms with Crippen molar-refractivity contribution in [3.05, 3.63) is 34.9 Å². The van der Waals surface area contributed by atoms with Crippen LogP contribution in [0.15, 0.2) is 18.2 Å². The van der Waals surface area contributed by atoms with Gasteiger partial charge in [0.25, 0.3) is 0 Å². The number of nitrogens with zero attached hydrogens (tertiary/aromatic N) is 1. The third kappa shape index (κ3) is 5.05. The monoisotopic (exact) mass is 444 g/mol. The fourth-order valence-electron chi connectivity index (χ4n) is 4.07. The lowest BCUT2D eigenvalue weighted by atomic mass is 9.85. The number of hydrogen-bond donors (Lipinski definition) is 1. The zero-order valence-electron chi connectivity index (χ0n) is 15.1. The van der Waals surface area contributed by atoms with Gasteiger partial charge in [0.15, 0.2) is 0 Å². The molecular weight excluding hydrogens is 420 g/mol. The maximum Gasteiger partial charge on any atom is 0.416 e. The van der Waals surface area contributed by atoms with Gasteiger partial charge in [-0.3, -0.25) is 4.79 Å². The molecule has 1 aliphatic heterocycles. The van der Waals surface area contributed by atoms with Crippen molar-refractivity contribution in [2.75, 3.05) is 18.6 Å². The molecule has 154 valence electrons. The highest BCUT2D eigenvalue weighted by atomic mass is 35.5. The van der Waals surface area contributed by atoms with Crippen molar-refractivity contribution < 1.29 is 18.0 Å². The average molecular weight is 445 g/mol. The lowest BCUT2D eigenvalue weighted by Crippen LogP contribution is -2.46. The molecule has 1 aliphatic carbocycles. The molecular formula is C18H25Cl2F3N2OS. The molecule has 0 saturated heterocycles. The summed E-state index contributed by atoms with van der Waals surface area (Å²) < 4.78 is 38.9. The number of thioether (sulfide) groups is 1. The Kier molecular flexibility index (Phi) is 8.36. The predicted octanol–water partition coefficient (Wildman–Crippen LogP) is 4.29. The van der Waals surface area contributed by atoms with Crippen molar-refractivity contribution in [2.24, 2.45) is 11.1 Å². The second kappa shape index (κ2) is 9.25. The number of carbonyl (C=O) groups is 1. The summed E-state index contributed by atoms with van der Waals surface area (Å²) in [6.45, 7) is 0.812. The molecule has 1 amide bonds. The smallest absolute Gasteiger partial charge is 0.338 e. The Balaban J connectivity index is 0.00000182. The van der Waals surface area contributed by atoms with Crippen molar-refractivity contribution in [1.29, 1.82) is 0 Å². The molecule has 0 spiro atoms. The molecule has 1 fully saturated rings. The van der Waals surface area contributed by atoms with Crippen LogP contribution in [0.1, 0.15) is 36.0 Å². The molecule has 27 heavy (non-hydrogen) atoms. The van der Waals surface area contributed by atoms with Crippen LogP contribution < -0.4 is 5.73 Å². The zero-order chi connectivity index (χ0) is 18.2. The fraction of sp³-hybridized carbons (Fsp3) is 0.611. The van der Waals surface area contributed by atoms with Crippen LogP contribution in [0.2, 0.25) is 0 Å². The normalized spacial score (nSPS) is 24.6. The highest BCUT2D eigenvalue weighted by Crippen LogP contribution is 2.42. The molecule has 9 heteroatoms. The van der Waals surface area contributed by atoms with Gasteiger partial charge in [0.2, 0.25) is 5.91 Å². The number of amides is 1. The Morgan fingerprint density at radius 1 is 1.33 bits per heavy atom. The fourth-order valence-corrected chi connectivity index (χ4v) is 5.01. The van der Waals surface area contributed by atoms with E-state index >= 15 is 0 Å². The molecule has 0 unspecified atom stereocenters. The van der Waals surface area contributed by atoms with Gasteiger partial charge in [-0.15, -0.1) is 24.8 Å². The van der Waals surface area contributed by atoms with Crippen molar-refractivity contribution in [3.63, 3.8) is 0 Å². The molecule has 2 aliphatic rings. The van der Waals surface area contributed by atoms with Gasteiger partial charge in [-0.2, -0.15) is 24.9 Å². The third-order valence-electron chi connectivity index (χ3n) is 5.35. The molecule has 0 aromatic heterocycles. The minimum absolute atomic E-state index is 0. The standard InChI is InChI=1S/C18H23F3N2OS.2ClH/c1-25-11-17(6-4-15(22)9-17)16(24)23-7-5-12-2-3-14(18(19,20)21)8-13(12)10-23;;/h2-3,8,15H,4-7,9-11,22H2,1H3;2*1H/t15-,17+;;/m1../s1. The summed E-state index contributed by atoms with van der Waals surface area (Å²) in [5.41, 5.74) is 6.45. The van der Waals surface area contributed by atoms with Crippen LogP contribution in [0.3, 0.4) is 0 Å². The van der Waals surface area contributed by atoms with Crippen LogP contribution in [0, 0.1) is 5.41 Å². The number of rotatable bonds is 3. The first-order valence-electron chi connectivity index (χ1n) is 8.48. The predicted molar refractivity (Wildman–Crippen MR) is 108 cm³/mol. The lowest BCUT2D eigenvalue weighted by molar-refractivity contribution is -0.141. The maximum atomic E-state index is 13.2. The van der Waals surface area contributed by atoms with Crippen LogP contribution in [-0.2, 0) is 23.9 Å². The van der Waals surface area contributed by atoms with Gasteiger partial charge in [0.05, 0.1) is 11.0 Å². The quantitative estimate of drug-likeness (QED) is 0.755. The van der Waals surface area contributed by atoms with Gasteiger partial charge >= 0.3 is 6.18 Å². The summed E-state index contributed by atoms with van der Waals surface area (Å²) >= 11 is 1.63. The minimum atomic E-state index is -4.36. The summed E-state index contributed by atoms with van der Waals surface area (Å²) in [6, 6.07) is 3.89. The van der Waals surface area contributed by atoms with Crippen LogP contribution in [0.5, 0.6) is 0 Å². The van der Waals surface area contributed by atoms with E-state index in [2.05, 4.69) is 0 Å². The van der Waals surface area contributed by atoms with E-state index in [4.69, 9.17) is 5.73 Å². The molecule has 0 radical (unpaired) electrons. The number of fused-ring (bicyclic) bond motifs is 1. The number of benzene rings is 1. The first kappa shape index (κ1) is 24.4. The Bertz CT molecular complexity index is 670. The summed E-state index contributed by atoms with van der Waals surface area (Å²) in [5, 5.41) is 0. The van der Waals surface area contributed by atoms with Crippen LogP contribution in [0.4, 0.5) is 13.2 Å². The van der Waals surface area contributed by atoms with E-state index in [1.165, 1.54) is 6.07 Å². The van der Waals surface area contributed by atoms with E-state index in [1.807, 2.05) is 6.26 Å². The SMILES string of the molecule is CSC[C@]1(C(=O)N2CCc3ccc(C(F)(F)F)cc3C2)CC[C@@H](N)C1.Cl.Cl. The Morgan fingerprint density at radius 3 is 2.59 bits per heavy atom. The molecule has 1 aromatic rings. The van der Waals surface area contributed by atoms with Gasteiger partial charge in [-0.1, -0.05) is 6.07 Å². The first-order valence-corrected chi connectivity index (χ1v) is 9.87. The molecule has 1 aromatic carbocycles. The number of carbonyl (C=O) groups excluding carboxylic acids is 1. The van der Waals surface area contributed by atoms with Crippen LogP contribution >= 0.6 is 36.6 Å². The summed E-state index contributed by atoms with van der Waals surface area (Å²) in [7, 11) is 0. The van der Waals surface area contributed by atoms with E-state index < -0.39 is 17.2 Å². The molecule has 0 bridgehead atoms. The second-order valence-electron chi connectivity index (χ2n) is 7.17. The van der Waals surface area contributed by atoms with Crippen molar-refractivity contribution >= 4 is 42.5 Å². The van der Waals surface area contributed by atoms with E-state index in [1.54, 1.807) is 22.7 Å². The second-order valence-corrected chi connectivity index (χ2v) is 8.04. The summed E-state index contributed by atoms with van der Waals surface area (Å²) in [5.74, 6) is 0.767. The summed E-state index contributed by atoms with van der Waals surface area (Å²) in [6.07, 6.45) is 0.466. The van der Waals surface area contributed by atoms with E-state index in [-0.39, 0.29) is 43.3 Å². The molecule has 2 N–H and O–H groups in total. The first-order chi connectivity index (χ1) is 11.7. The third-order valence-corrected chi connectivity index (χ3v) is 6.20. The topological polar surface area (TPSA) is 46.3 Å². The van der Waals surface area contributed by atoms with Gasteiger partial charge in [0.1, 0.15) is 0 Å². The largest absolute Gasteiger partial charge is 0.416 e. The number of alkyl halides is 3. The molecule has 1 heterocycles. The molecule has 1 saturated carbocycles. The van der Waals surface area contributed by atoms with Crippen molar-refractivity contribution in [3.8, 4) is 0 Å². The van der Waals surface area contributed by atoms with Crippen LogP contribution in [0.25, 0.3) is 0 Å². The lowest BCUT2D eigenvalue weighted by Gasteiger charge is -2.37. The highest BCUT2D eigenvalue weighted by molar-refractivity contribution is 7.98. The average Bonchev–Trinajstić information content (AvgIpc) is 2.94. The van der Waals surface area contributed by atoms with E-state index in [9.17, 15) is 18.0 Å². The van der Waals surface area contributed by atoms with Gasteiger partial charge < -0.3 is 10.6 Å². The minimum Gasteiger partial charge on any atom is -0.338 e. The Labute approximate surface area is 174 Å². The number of hydrogen-bond acceptors (Lipinski definition) is 3. The Morgan fingerprint density at radius 2 is 2.04 bits per heavy atom. The van der Waals surface area contributed by atoms with E-state index in [0.717, 1.165) is 24.5 Å². The van der Waals surface area contributed by atoms with Gasteiger partial charge in [-0.25, -0.2) is 0 Å². The molecule has 3 rings (SSSR count). The zero-order valence-corrected chi connectivity index (χ0v) is 17.5. The molecule has 2 atom stereocenters. The van der Waals surface area contributed by atoms with E-state index in [0.29, 0.717) is 30.7 Å². The van der Waals surface area contributed by atoms with Crippen LogP contribution in [-0.4, -0.2) is 35.4 Å². The van der Waals surface area contributed by atoms with Gasteiger partial charge in [0, 0.05) is 24.9 Å². The number of halogens is 5. The Hall–Kier alpha value is -0.630.